The third-order valence-electron chi connectivity index (χ3n) is 4.41. The molecule has 0 bridgehead atoms. The van der Waals surface area contributed by atoms with E-state index in [-0.39, 0.29) is 0 Å². The molecule has 1 atom stereocenters. The second-order valence-electron chi connectivity index (χ2n) is 6.57. The number of nitrogens with zero attached hydrogens (tertiary/aromatic N) is 5. The van der Waals surface area contributed by atoms with Gasteiger partial charge in [0.25, 0.3) is 0 Å². The number of aromatic nitrogens is 2. The summed E-state index contributed by atoms with van der Waals surface area (Å²) in [4.78, 5) is 23.1. The average molecular weight is 409 g/mol. The number of carbonyl (C=O) groups is 1. The van der Waals surface area contributed by atoms with E-state index in [0.717, 1.165) is 23.9 Å². The van der Waals surface area contributed by atoms with Crippen molar-refractivity contribution in [2.75, 3.05) is 18.5 Å². The highest BCUT2D eigenvalue weighted by atomic mass is 32.2. The van der Waals surface area contributed by atoms with Crippen LogP contribution in [0.25, 0.3) is 0 Å². The van der Waals surface area contributed by atoms with Crippen LogP contribution in [-0.4, -0.2) is 29.5 Å². The van der Waals surface area contributed by atoms with Gasteiger partial charge in [0, 0.05) is 19.3 Å². The van der Waals surface area contributed by atoms with Gasteiger partial charge in [0.15, 0.2) is 0 Å². The maximum absolute atomic E-state index is 12.2. The van der Waals surface area contributed by atoms with Crippen molar-refractivity contribution in [1.82, 2.24) is 9.97 Å². The van der Waals surface area contributed by atoms with Crippen LogP contribution < -0.4 is 10.6 Å². The molecule has 0 aliphatic heterocycles. The summed E-state index contributed by atoms with van der Waals surface area (Å²) in [6.07, 6.45) is 1.38. The largest absolute Gasteiger partial charge is 0.368 e. The summed E-state index contributed by atoms with van der Waals surface area (Å²) in [5.41, 5.74) is 8.27. The van der Waals surface area contributed by atoms with Crippen LogP contribution in [0.3, 0.4) is 0 Å². The van der Waals surface area contributed by atoms with Crippen LogP contribution in [-0.2, 0) is 11.2 Å². The van der Waals surface area contributed by atoms with E-state index in [1.54, 1.807) is 6.07 Å². The Morgan fingerprint density at radius 1 is 1.24 bits per heavy atom. The summed E-state index contributed by atoms with van der Waals surface area (Å²) in [5.74, 6) is -0.0576. The van der Waals surface area contributed by atoms with Crippen molar-refractivity contribution >= 4 is 23.5 Å². The lowest BCUT2D eigenvalue weighted by Gasteiger charge is -2.23. The Morgan fingerprint density at radius 3 is 2.45 bits per heavy atom. The van der Waals surface area contributed by atoms with E-state index in [1.165, 1.54) is 0 Å². The molecule has 1 unspecified atom stereocenters. The highest BCUT2D eigenvalue weighted by molar-refractivity contribution is 8.00. The van der Waals surface area contributed by atoms with Gasteiger partial charge in [-0.1, -0.05) is 31.7 Å². The molecule has 0 radical (unpaired) electrons. The lowest BCUT2D eigenvalue weighted by Crippen LogP contribution is -2.23. The minimum absolute atomic E-state index is 0.307. The van der Waals surface area contributed by atoms with Crippen molar-refractivity contribution in [2.24, 2.45) is 5.73 Å². The molecule has 0 aromatic carbocycles. The molecular formula is C21H24N6OS. The zero-order chi connectivity index (χ0) is 21.6. The fourth-order valence-electron chi connectivity index (χ4n) is 3.07. The smallest absolute Gasteiger partial charge is 0.237 e. The first kappa shape index (κ1) is 22.2. The molecule has 0 aliphatic carbocycles. The Hall–Kier alpha value is -3.10. The molecule has 0 aliphatic rings. The van der Waals surface area contributed by atoms with Crippen molar-refractivity contribution in [1.29, 1.82) is 10.5 Å². The van der Waals surface area contributed by atoms with Crippen LogP contribution in [0.15, 0.2) is 23.2 Å². The molecule has 0 fully saturated rings. The summed E-state index contributed by atoms with van der Waals surface area (Å²) in [5, 5.41) is 19.1. The summed E-state index contributed by atoms with van der Waals surface area (Å²) in [6.45, 7) is 6.47. The first-order valence-electron chi connectivity index (χ1n) is 9.35. The Morgan fingerprint density at radius 2 is 1.93 bits per heavy atom. The third kappa shape index (κ3) is 4.85. The number of primary amides is 1. The number of anilines is 1. The van der Waals surface area contributed by atoms with Crippen LogP contribution in [0.2, 0.25) is 0 Å². The Labute approximate surface area is 175 Å². The predicted octanol–water partition coefficient (Wildman–Crippen LogP) is 3.26. The third-order valence-corrected chi connectivity index (χ3v) is 5.64. The summed E-state index contributed by atoms with van der Waals surface area (Å²) >= 11 is 1.10. The van der Waals surface area contributed by atoms with Gasteiger partial charge in [0.2, 0.25) is 5.91 Å². The summed E-state index contributed by atoms with van der Waals surface area (Å²) in [6, 6.07) is 9.75. The quantitative estimate of drug-likeness (QED) is 0.666. The second-order valence-corrected chi connectivity index (χ2v) is 7.67. The van der Waals surface area contributed by atoms with Crippen LogP contribution in [0.4, 0.5) is 5.82 Å². The minimum Gasteiger partial charge on any atom is -0.368 e. The number of pyridine rings is 2. The molecule has 2 aromatic heterocycles. The molecule has 1 amide bonds. The van der Waals surface area contributed by atoms with Crippen molar-refractivity contribution in [3.8, 4) is 12.1 Å². The van der Waals surface area contributed by atoms with Gasteiger partial charge >= 0.3 is 0 Å². The molecule has 7 nitrogen and oxygen atoms in total. The van der Waals surface area contributed by atoms with E-state index in [1.807, 2.05) is 44.9 Å². The average Bonchev–Trinajstić information content (AvgIpc) is 2.70. The fraction of sp³-hybridized carbons (Fsp3) is 0.381. The maximum atomic E-state index is 12.2. The highest BCUT2D eigenvalue weighted by Gasteiger charge is 2.27. The Kier molecular flexibility index (Phi) is 7.58. The van der Waals surface area contributed by atoms with Crippen molar-refractivity contribution in [2.45, 2.75) is 43.9 Å². The van der Waals surface area contributed by atoms with Gasteiger partial charge in [-0.3, -0.25) is 9.78 Å². The molecule has 0 saturated carbocycles. The number of hydrogen-bond acceptors (Lipinski definition) is 7. The number of nitrogens with two attached hydrogens (primary N) is 1. The van der Waals surface area contributed by atoms with Crippen LogP contribution in [0, 0.1) is 29.6 Å². The Bertz CT molecular complexity index is 992. The Balaban J connectivity index is 2.66. The van der Waals surface area contributed by atoms with E-state index in [4.69, 9.17) is 5.73 Å². The van der Waals surface area contributed by atoms with Crippen molar-refractivity contribution < 1.29 is 4.79 Å². The normalized spacial score (nSPS) is 11.4. The van der Waals surface area contributed by atoms with E-state index < -0.39 is 11.2 Å². The van der Waals surface area contributed by atoms with Gasteiger partial charge < -0.3 is 10.6 Å². The molecule has 0 spiro atoms. The number of thioether (sulfide) groups is 1. The lowest BCUT2D eigenvalue weighted by molar-refractivity contribution is -0.117. The van der Waals surface area contributed by atoms with E-state index in [9.17, 15) is 15.3 Å². The van der Waals surface area contributed by atoms with Gasteiger partial charge in [0.1, 0.15) is 28.2 Å². The number of rotatable bonds is 8. The van der Waals surface area contributed by atoms with Gasteiger partial charge in [-0.05, 0) is 37.5 Å². The molecule has 2 aromatic rings. The summed E-state index contributed by atoms with van der Waals surface area (Å²) in [7, 11) is 1.86. The first-order chi connectivity index (χ1) is 13.9. The SMILES string of the molecule is CCCN(C)c1nc(SC(C(N)=O)c2cccc(C)n2)c(C#N)c(CC)c1C#N. The molecule has 150 valence electrons. The van der Waals surface area contributed by atoms with Crippen LogP contribution in [0.5, 0.6) is 0 Å². The molecule has 0 saturated heterocycles. The molecule has 29 heavy (non-hydrogen) atoms. The number of amides is 1. The van der Waals surface area contributed by atoms with Crippen molar-refractivity contribution in [3.63, 3.8) is 0 Å². The molecule has 2 rings (SSSR count). The van der Waals surface area contributed by atoms with Gasteiger partial charge in [-0.15, -0.1) is 0 Å². The lowest BCUT2D eigenvalue weighted by atomic mass is 10.0. The van der Waals surface area contributed by atoms with Gasteiger partial charge in [-0.2, -0.15) is 10.5 Å². The molecule has 8 heteroatoms. The number of carbonyl (C=O) groups excluding carboxylic acids is 1. The monoisotopic (exact) mass is 408 g/mol. The standard InChI is InChI=1S/C21H24N6OS/c1-5-10-27(4)20-15(11-22)14(6-2)16(12-23)21(26-20)29-18(19(24)28)17-9-7-8-13(3)25-17/h7-9,18H,5-6,10H2,1-4H3,(H2,24,28). The first-order valence-corrected chi connectivity index (χ1v) is 10.2. The fourth-order valence-corrected chi connectivity index (χ4v) is 4.09. The number of aryl methyl sites for hydroxylation is 1. The summed E-state index contributed by atoms with van der Waals surface area (Å²) < 4.78 is 0. The van der Waals surface area contributed by atoms with Gasteiger partial charge in [-0.25, -0.2) is 4.98 Å². The zero-order valence-electron chi connectivity index (χ0n) is 17.1. The predicted molar refractivity (Wildman–Crippen MR) is 113 cm³/mol. The van der Waals surface area contributed by atoms with Crippen LogP contribution in [0.1, 0.15) is 53.6 Å². The molecular weight excluding hydrogens is 384 g/mol. The minimum atomic E-state index is -0.795. The van der Waals surface area contributed by atoms with Crippen molar-refractivity contribution in [3.05, 3.63) is 46.3 Å². The van der Waals surface area contributed by atoms with E-state index in [2.05, 4.69) is 22.1 Å². The topological polar surface area (TPSA) is 120 Å². The number of hydrogen-bond donors (Lipinski definition) is 1. The maximum Gasteiger partial charge on any atom is 0.237 e. The van der Waals surface area contributed by atoms with Crippen LogP contribution >= 0.6 is 11.8 Å². The van der Waals surface area contributed by atoms with E-state index in [0.29, 0.717) is 46.2 Å². The number of nitriles is 2. The molecule has 2 N–H and O–H groups in total. The van der Waals surface area contributed by atoms with Gasteiger partial charge in [0.05, 0.1) is 16.8 Å². The van der Waals surface area contributed by atoms with E-state index >= 15 is 0 Å². The molecule has 2 heterocycles. The zero-order valence-corrected chi connectivity index (χ0v) is 17.9. The second kappa shape index (κ2) is 9.90. The highest BCUT2D eigenvalue weighted by Crippen LogP contribution is 2.38.